The van der Waals surface area contributed by atoms with E-state index in [1.54, 1.807) is 24.3 Å². The molecular formula is C35H40N2O6S. The molecule has 0 atom stereocenters. The predicted octanol–water partition coefficient (Wildman–Crippen LogP) is 7.77. The Labute approximate surface area is 263 Å². The molecule has 0 aromatic heterocycles. The molecule has 1 fully saturated rings. The molecule has 0 radical (unpaired) electrons. The molecule has 0 aliphatic carbocycles. The number of imide groups is 1. The number of ether oxygens (including phenoxy) is 3. The molecule has 1 aliphatic rings. The summed E-state index contributed by atoms with van der Waals surface area (Å²) in [6.07, 6.45) is 1.66. The molecule has 232 valence electrons. The molecule has 0 spiro atoms. The topological polar surface area (TPSA) is 94.2 Å². The average Bonchev–Trinajstić information content (AvgIpc) is 3.24. The van der Waals surface area contributed by atoms with Gasteiger partial charge >= 0.3 is 0 Å². The molecule has 1 heterocycles. The maximum atomic E-state index is 13.1. The van der Waals surface area contributed by atoms with Crippen molar-refractivity contribution in [1.82, 2.24) is 4.90 Å². The summed E-state index contributed by atoms with van der Waals surface area (Å²) < 4.78 is 17.6. The van der Waals surface area contributed by atoms with Gasteiger partial charge in [-0.05, 0) is 90.0 Å². The van der Waals surface area contributed by atoms with Crippen molar-refractivity contribution in [2.24, 2.45) is 0 Å². The number of rotatable bonds is 13. The Bertz CT molecular complexity index is 1550. The summed E-state index contributed by atoms with van der Waals surface area (Å²) in [6, 6.07) is 18.9. The molecular weight excluding hydrogens is 576 g/mol. The highest BCUT2D eigenvalue weighted by Gasteiger charge is 2.35. The molecule has 3 amide bonds. The first-order chi connectivity index (χ1) is 21.1. The summed E-state index contributed by atoms with van der Waals surface area (Å²) in [5, 5.41) is 2.58. The highest BCUT2D eigenvalue weighted by molar-refractivity contribution is 8.18. The number of nitrogens with one attached hydrogen (secondary N) is 1. The van der Waals surface area contributed by atoms with Crippen molar-refractivity contribution in [3.05, 3.63) is 87.8 Å². The van der Waals surface area contributed by atoms with Crippen LogP contribution in [0.15, 0.2) is 65.6 Å². The third-order valence-electron chi connectivity index (χ3n) is 7.02. The van der Waals surface area contributed by atoms with Gasteiger partial charge < -0.3 is 19.5 Å². The van der Waals surface area contributed by atoms with E-state index in [1.807, 2.05) is 56.3 Å². The number of nitrogens with zero attached hydrogens (tertiary/aromatic N) is 1. The second-order valence-electron chi connectivity index (χ2n) is 11.1. The lowest BCUT2D eigenvalue weighted by atomic mass is 10.0. The van der Waals surface area contributed by atoms with Crippen LogP contribution in [-0.2, 0) is 9.59 Å². The number of para-hydroxylation sites is 1. The largest absolute Gasteiger partial charge is 0.491 e. The van der Waals surface area contributed by atoms with Gasteiger partial charge in [-0.1, -0.05) is 64.1 Å². The van der Waals surface area contributed by atoms with Crippen LogP contribution in [0.4, 0.5) is 10.5 Å². The first-order valence-electron chi connectivity index (χ1n) is 14.8. The van der Waals surface area contributed by atoms with Crippen LogP contribution in [0.3, 0.4) is 0 Å². The van der Waals surface area contributed by atoms with Crippen molar-refractivity contribution in [2.45, 2.75) is 53.4 Å². The van der Waals surface area contributed by atoms with Crippen LogP contribution in [0.5, 0.6) is 17.2 Å². The molecule has 44 heavy (non-hydrogen) atoms. The second-order valence-corrected chi connectivity index (χ2v) is 12.1. The van der Waals surface area contributed by atoms with Crippen LogP contribution < -0.4 is 19.5 Å². The Morgan fingerprint density at radius 2 is 1.64 bits per heavy atom. The SMILES string of the molecule is CCOc1cc(/C=C2\SC(=O)N(CCOc3cc(C)ccc3C(C)C)C2=O)ccc1OCC(=O)Nc1ccccc1C(C)C. The fourth-order valence-electron chi connectivity index (χ4n) is 4.78. The second kappa shape index (κ2) is 15.0. The van der Waals surface area contributed by atoms with Crippen molar-refractivity contribution < 1.29 is 28.6 Å². The van der Waals surface area contributed by atoms with Crippen LogP contribution in [0.25, 0.3) is 6.08 Å². The van der Waals surface area contributed by atoms with Gasteiger partial charge in [-0.25, -0.2) is 0 Å². The van der Waals surface area contributed by atoms with Gasteiger partial charge in [-0.3, -0.25) is 19.3 Å². The lowest BCUT2D eigenvalue weighted by molar-refractivity contribution is -0.123. The van der Waals surface area contributed by atoms with E-state index in [1.165, 1.54) is 4.90 Å². The number of carbonyl (C=O) groups is 3. The Balaban J connectivity index is 1.39. The first-order valence-corrected chi connectivity index (χ1v) is 15.7. The highest BCUT2D eigenvalue weighted by atomic mass is 32.2. The van der Waals surface area contributed by atoms with Crippen molar-refractivity contribution in [2.75, 3.05) is 31.7 Å². The van der Waals surface area contributed by atoms with Crippen molar-refractivity contribution in [3.63, 3.8) is 0 Å². The average molecular weight is 617 g/mol. The van der Waals surface area contributed by atoms with Gasteiger partial charge in [0.1, 0.15) is 12.4 Å². The Morgan fingerprint density at radius 1 is 0.886 bits per heavy atom. The van der Waals surface area contributed by atoms with E-state index in [4.69, 9.17) is 14.2 Å². The third-order valence-corrected chi connectivity index (χ3v) is 7.93. The third kappa shape index (κ3) is 8.23. The molecule has 0 saturated carbocycles. The lowest BCUT2D eigenvalue weighted by Crippen LogP contribution is -2.32. The predicted molar refractivity (Wildman–Crippen MR) is 176 cm³/mol. The van der Waals surface area contributed by atoms with Crippen LogP contribution in [0, 0.1) is 6.92 Å². The maximum Gasteiger partial charge on any atom is 0.293 e. The van der Waals surface area contributed by atoms with E-state index in [2.05, 4.69) is 33.0 Å². The summed E-state index contributed by atoms with van der Waals surface area (Å²) in [5.41, 5.74) is 4.63. The molecule has 0 unspecified atom stereocenters. The maximum absolute atomic E-state index is 13.1. The van der Waals surface area contributed by atoms with E-state index in [-0.39, 0.29) is 48.6 Å². The van der Waals surface area contributed by atoms with Crippen molar-refractivity contribution >= 4 is 40.6 Å². The molecule has 0 bridgehead atoms. The van der Waals surface area contributed by atoms with E-state index in [9.17, 15) is 14.4 Å². The van der Waals surface area contributed by atoms with Gasteiger partial charge in [0.2, 0.25) is 0 Å². The molecule has 8 nitrogen and oxygen atoms in total. The number of aryl methyl sites for hydroxylation is 1. The zero-order valence-corrected chi connectivity index (χ0v) is 27.0. The molecule has 1 N–H and O–H groups in total. The Kier molecular flexibility index (Phi) is 11.1. The number of amides is 3. The Hall–Kier alpha value is -4.24. The quantitative estimate of drug-likeness (QED) is 0.196. The van der Waals surface area contributed by atoms with E-state index >= 15 is 0 Å². The monoisotopic (exact) mass is 616 g/mol. The van der Waals surface area contributed by atoms with Crippen LogP contribution in [0.1, 0.15) is 68.7 Å². The number of benzene rings is 3. The van der Waals surface area contributed by atoms with Crippen LogP contribution in [-0.4, -0.2) is 48.3 Å². The van der Waals surface area contributed by atoms with Crippen LogP contribution >= 0.6 is 11.8 Å². The van der Waals surface area contributed by atoms with Gasteiger partial charge in [-0.2, -0.15) is 0 Å². The van der Waals surface area contributed by atoms with Crippen molar-refractivity contribution in [1.29, 1.82) is 0 Å². The molecule has 3 aromatic carbocycles. The smallest absolute Gasteiger partial charge is 0.293 e. The minimum atomic E-state index is -0.367. The van der Waals surface area contributed by atoms with E-state index in [0.717, 1.165) is 39.9 Å². The molecule has 3 aromatic rings. The molecule has 1 aliphatic heterocycles. The Morgan fingerprint density at radius 3 is 2.36 bits per heavy atom. The fraction of sp³-hybridized carbons (Fsp3) is 0.343. The number of thioether (sulfide) groups is 1. The lowest BCUT2D eigenvalue weighted by Gasteiger charge is -2.17. The standard InChI is InChI=1S/C35H40N2O6S/c1-7-41-31-19-25(13-15-29(31)43-21-33(38)36-28-11-9-8-10-26(28)22(2)3)20-32-34(39)37(35(40)44-32)16-17-42-30-18-24(6)12-14-27(30)23(4)5/h8-15,18-20,22-23H,7,16-17,21H2,1-6H3,(H,36,38)/b32-20-. The number of hydrogen-bond donors (Lipinski definition) is 1. The summed E-state index contributed by atoms with van der Waals surface area (Å²) in [7, 11) is 0. The summed E-state index contributed by atoms with van der Waals surface area (Å²) in [5.74, 6) is 1.50. The van der Waals surface area contributed by atoms with Gasteiger partial charge in [0, 0.05) is 5.69 Å². The van der Waals surface area contributed by atoms with E-state index in [0.29, 0.717) is 28.6 Å². The normalized spacial score (nSPS) is 14.1. The first kappa shape index (κ1) is 32.7. The summed E-state index contributed by atoms with van der Waals surface area (Å²) in [4.78, 5) is 40.0. The number of anilines is 1. The van der Waals surface area contributed by atoms with Crippen LogP contribution in [0.2, 0.25) is 0 Å². The zero-order chi connectivity index (χ0) is 31.8. The molecule has 1 saturated heterocycles. The number of carbonyl (C=O) groups excluding carboxylic acids is 3. The van der Waals surface area contributed by atoms with Gasteiger partial charge in [0.05, 0.1) is 18.1 Å². The van der Waals surface area contributed by atoms with Gasteiger partial charge in [0.15, 0.2) is 18.1 Å². The summed E-state index contributed by atoms with van der Waals surface area (Å²) in [6.45, 7) is 12.7. The fourth-order valence-corrected chi connectivity index (χ4v) is 5.65. The van der Waals surface area contributed by atoms with E-state index < -0.39 is 0 Å². The van der Waals surface area contributed by atoms with Crippen molar-refractivity contribution in [3.8, 4) is 17.2 Å². The molecule has 4 rings (SSSR count). The number of hydrogen-bond acceptors (Lipinski definition) is 7. The summed E-state index contributed by atoms with van der Waals surface area (Å²) >= 11 is 0.893. The highest BCUT2D eigenvalue weighted by Crippen LogP contribution is 2.35. The zero-order valence-electron chi connectivity index (χ0n) is 26.1. The minimum Gasteiger partial charge on any atom is -0.491 e. The minimum absolute atomic E-state index is 0.147. The van der Waals surface area contributed by atoms with Gasteiger partial charge in [-0.15, -0.1) is 0 Å². The van der Waals surface area contributed by atoms with Gasteiger partial charge in [0.25, 0.3) is 17.1 Å². The molecule has 9 heteroatoms.